The van der Waals surface area contributed by atoms with Gasteiger partial charge in [-0.3, -0.25) is 13.9 Å². The molecule has 2 amide bonds. The Hall–Kier alpha value is -3.85. The number of benzene rings is 4. The van der Waals surface area contributed by atoms with E-state index in [-0.39, 0.29) is 29.8 Å². The van der Waals surface area contributed by atoms with Gasteiger partial charge in [-0.1, -0.05) is 103 Å². The van der Waals surface area contributed by atoms with E-state index in [0.29, 0.717) is 21.3 Å². The number of hydrogen-bond donors (Lipinski definition) is 1. The lowest BCUT2D eigenvalue weighted by Crippen LogP contribution is -2.55. The second-order valence-corrected chi connectivity index (χ2v) is 15.6. The number of carbonyl (C=O) groups excluding carboxylic acids is 2. The molecule has 1 fully saturated rings. The molecule has 0 aromatic heterocycles. The first-order valence-electron chi connectivity index (χ1n) is 16.7. The molecule has 0 heterocycles. The van der Waals surface area contributed by atoms with E-state index >= 15 is 0 Å². The Balaban J connectivity index is 1.59. The van der Waals surface area contributed by atoms with Crippen LogP contribution in [0, 0.1) is 20.8 Å². The third-order valence-corrected chi connectivity index (χ3v) is 11.6. The van der Waals surface area contributed by atoms with Gasteiger partial charge in [0, 0.05) is 29.1 Å². The fourth-order valence-electron chi connectivity index (χ4n) is 6.18. The second-order valence-electron chi connectivity index (χ2n) is 12.9. The van der Waals surface area contributed by atoms with Gasteiger partial charge in [0.1, 0.15) is 12.6 Å². The van der Waals surface area contributed by atoms with Gasteiger partial charge in [-0.15, -0.1) is 0 Å². The largest absolute Gasteiger partial charge is 0.352 e. The second kappa shape index (κ2) is 16.2. The molecule has 4 aromatic carbocycles. The van der Waals surface area contributed by atoms with Crippen LogP contribution in [0.3, 0.4) is 0 Å². The van der Waals surface area contributed by atoms with Crippen molar-refractivity contribution in [1.82, 2.24) is 10.2 Å². The highest BCUT2D eigenvalue weighted by atomic mass is 35.5. The number of aryl methyl sites for hydroxylation is 3. The summed E-state index contributed by atoms with van der Waals surface area (Å²) in [5.41, 5.74) is 4.59. The average molecular weight is 721 g/mol. The lowest BCUT2D eigenvalue weighted by Gasteiger charge is -2.35. The molecule has 0 bridgehead atoms. The minimum Gasteiger partial charge on any atom is -0.352 e. The SMILES string of the molecule is Cc1ccc(S(=O)(=O)N(CC(=O)N(Cc2ccc(Cl)cc2Cl)C(Cc2ccccc2)C(=O)NC2CCCCC2)c2ccc(C)c(C)c2)cc1. The minimum absolute atomic E-state index is 0.00421. The van der Waals surface area contributed by atoms with Gasteiger partial charge in [0.05, 0.1) is 10.6 Å². The number of nitrogens with one attached hydrogen (secondary N) is 1. The number of rotatable bonds is 12. The van der Waals surface area contributed by atoms with Crippen LogP contribution in [0.25, 0.3) is 0 Å². The van der Waals surface area contributed by atoms with Crippen molar-refractivity contribution in [1.29, 1.82) is 0 Å². The lowest BCUT2D eigenvalue weighted by molar-refractivity contribution is -0.140. The molecular formula is C39H43Cl2N3O4S. The van der Waals surface area contributed by atoms with Gasteiger partial charge < -0.3 is 10.2 Å². The summed E-state index contributed by atoms with van der Waals surface area (Å²) in [5.74, 6) is -0.826. The Bertz CT molecular complexity index is 1880. The highest BCUT2D eigenvalue weighted by Gasteiger charge is 2.36. The molecule has 1 saturated carbocycles. The van der Waals surface area contributed by atoms with Crippen LogP contribution >= 0.6 is 23.2 Å². The Morgan fingerprint density at radius 2 is 1.53 bits per heavy atom. The molecule has 7 nitrogen and oxygen atoms in total. The summed E-state index contributed by atoms with van der Waals surface area (Å²) in [7, 11) is -4.20. The molecule has 0 radical (unpaired) electrons. The molecule has 1 unspecified atom stereocenters. The van der Waals surface area contributed by atoms with E-state index in [0.717, 1.165) is 58.7 Å². The number of sulfonamides is 1. The van der Waals surface area contributed by atoms with Crippen LogP contribution in [-0.2, 0) is 32.6 Å². The van der Waals surface area contributed by atoms with Crippen LogP contribution in [0.4, 0.5) is 5.69 Å². The molecule has 10 heteroatoms. The summed E-state index contributed by atoms with van der Waals surface area (Å²) >= 11 is 12.9. The zero-order chi connectivity index (χ0) is 35.1. The molecular weight excluding hydrogens is 677 g/mol. The summed E-state index contributed by atoms with van der Waals surface area (Å²) in [6.07, 6.45) is 5.15. The van der Waals surface area contributed by atoms with Gasteiger partial charge in [0.15, 0.2) is 0 Å². The predicted molar refractivity (Wildman–Crippen MR) is 198 cm³/mol. The van der Waals surface area contributed by atoms with Gasteiger partial charge in [-0.05, 0) is 92.3 Å². The lowest BCUT2D eigenvalue weighted by atomic mass is 9.94. The van der Waals surface area contributed by atoms with Crippen LogP contribution in [0.15, 0.2) is 95.9 Å². The van der Waals surface area contributed by atoms with E-state index in [4.69, 9.17) is 23.2 Å². The zero-order valence-corrected chi connectivity index (χ0v) is 30.5. The van der Waals surface area contributed by atoms with E-state index < -0.39 is 28.5 Å². The molecule has 0 aliphatic heterocycles. The number of anilines is 1. The van der Waals surface area contributed by atoms with E-state index in [9.17, 15) is 18.0 Å². The zero-order valence-electron chi connectivity index (χ0n) is 28.2. The number of amides is 2. The van der Waals surface area contributed by atoms with E-state index in [1.54, 1.807) is 54.6 Å². The number of carbonyl (C=O) groups is 2. The summed E-state index contributed by atoms with van der Waals surface area (Å²) in [6.45, 7) is 5.16. The Labute approximate surface area is 300 Å². The van der Waals surface area contributed by atoms with Crippen LogP contribution < -0.4 is 9.62 Å². The number of nitrogens with zero attached hydrogens (tertiary/aromatic N) is 2. The third kappa shape index (κ3) is 9.24. The molecule has 0 saturated heterocycles. The van der Waals surface area contributed by atoms with Gasteiger partial charge in [0.25, 0.3) is 10.0 Å². The van der Waals surface area contributed by atoms with Crippen LogP contribution in [0.2, 0.25) is 10.0 Å². The Morgan fingerprint density at radius 3 is 2.18 bits per heavy atom. The van der Waals surface area contributed by atoms with Crippen molar-refractivity contribution in [2.75, 3.05) is 10.8 Å². The molecule has 49 heavy (non-hydrogen) atoms. The van der Waals surface area contributed by atoms with Crippen molar-refractivity contribution < 1.29 is 18.0 Å². The standard InChI is InChI=1S/C39H43Cl2N3O4S/c1-27-14-20-35(21-15-27)49(47,48)44(34-19-16-28(2)29(3)22-34)26-38(45)43(25-31-17-18-32(40)24-36(31)41)37(23-30-10-6-4-7-11-30)39(46)42-33-12-8-5-9-13-33/h4,6-7,10-11,14-22,24,33,37H,5,8-9,12-13,23,25-26H2,1-3H3,(H,42,46). The minimum atomic E-state index is -4.20. The maximum atomic E-state index is 14.8. The topological polar surface area (TPSA) is 86.8 Å². The molecule has 4 aromatic rings. The molecule has 0 spiro atoms. The van der Waals surface area contributed by atoms with Crippen LogP contribution in [0.5, 0.6) is 0 Å². The van der Waals surface area contributed by atoms with Gasteiger partial charge >= 0.3 is 0 Å². The fraction of sp³-hybridized carbons (Fsp3) is 0.333. The van der Waals surface area contributed by atoms with Crippen LogP contribution in [-0.4, -0.2) is 43.8 Å². The van der Waals surface area contributed by atoms with Gasteiger partial charge in [0.2, 0.25) is 11.8 Å². The first kappa shape index (κ1) is 36.4. The summed E-state index contributed by atoms with van der Waals surface area (Å²) < 4.78 is 29.8. The van der Waals surface area contributed by atoms with Crippen molar-refractivity contribution >= 4 is 50.7 Å². The highest BCUT2D eigenvalue weighted by Crippen LogP contribution is 2.29. The normalized spacial score (nSPS) is 14.2. The van der Waals surface area contributed by atoms with E-state index in [1.807, 2.05) is 57.2 Å². The number of hydrogen-bond acceptors (Lipinski definition) is 4. The third-order valence-electron chi connectivity index (χ3n) is 9.24. The van der Waals surface area contributed by atoms with Crippen molar-refractivity contribution in [2.24, 2.45) is 0 Å². The molecule has 258 valence electrons. The van der Waals surface area contributed by atoms with E-state index in [1.165, 1.54) is 4.90 Å². The van der Waals surface area contributed by atoms with Crippen molar-refractivity contribution in [3.05, 3.63) is 129 Å². The maximum Gasteiger partial charge on any atom is 0.264 e. The predicted octanol–water partition coefficient (Wildman–Crippen LogP) is 8.20. The average Bonchev–Trinajstić information content (AvgIpc) is 3.08. The van der Waals surface area contributed by atoms with Gasteiger partial charge in [-0.2, -0.15) is 0 Å². The van der Waals surface area contributed by atoms with Crippen molar-refractivity contribution in [2.45, 2.75) is 82.8 Å². The summed E-state index contributed by atoms with van der Waals surface area (Å²) in [4.78, 5) is 30.6. The number of halogens is 2. The first-order valence-corrected chi connectivity index (χ1v) is 18.9. The Morgan fingerprint density at radius 1 is 0.837 bits per heavy atom. The van der Waals surface area contributed by atoms with Crippen molar-refractivity contribution in [3.63, 3.8) is 0 Å². The first-order chi connectivity index (χ1) is 23.4. The molecule has 1 atom stereocenters. The van der Waals surface area contributed by atoms with Gasteiger partial charge in [-0.25, -0.2) is 8.42 Å². The Kier molecular flexibility index (Phi) is 12.1. The maximum absolute atomic E-state index is 14.8. The monoisotopic (exact) mass is 719 g/mol. The smallest absolute Gasteiger partial charge is 0.264 e. The molecule has 1 aliphatic rings. The molecule has 1 aliphatic carbocycles. The molecule has 5 rings (SSSR count). The summed E-state index contributed by atoms with van der Waals surface area (Å²) in [5, 5.41) is 4.01. The molecule has 1 N–H and O–H groups in total. The van der Waals surface area contributed by atoms with E-state index in [2.05, 4.69) is 5.32 Å². The quantitative estimate of drug-likeness (QED) is 0.160. The fourth-order valence-corrected chi connectivity index (χ4v) is 8.05. The van der Waals surface area contributed by atoms with Crippen LogP contribution in [0.1, 0.15) is 59.9 Å². The van der Waals surface area contributed by atoms with Crippen molar-refractivity contribution in [3.8, 4) is 0 Å². The highest BCUT2D eigenvalue weighted by molar-refractivity contribution is 7.92. The summed E-state index contributed by atoms with van der Waals surface area (Å²) in [6, 6.07) is 25.5.